The first-order valence-electron chi connectivity index (χ1n) is 6.71. The number of halogens is 1. The first-order chi connectivity index (χ1) is 10.0. The highest BCUT2D eigenvalue weighted by Crippen LogP contribution is 2.23. The predicted octanol–water partition coefficient (Wildman–Crippen LogP) is 1.91. The van der Waals surface area contributed by atoms with Gasteiger partial charge in [-0.2, -0.15) is 0 Å². The number of rotatable bonds is 9. The molecule has 0 aliphatic rings. The molecule has 1 aromatic rings. The summed E-state index contributed by atoms with van der Waals surface area (Å²) in [5.41, 5.74) is 0.382. The fourth-order valence-corrected chi connectivity index (χ4v) is 1.65. The van der Waals surface area contributed by atoms with Gasteiger partial charge in [-0.05, 0) is 19.9 Å². The largest absolute Gasteiger partial charge is 0.474 e. The van der Waals surface area contributed by atoms with Crippen molar-refractivity contribution in [1.29, 1.82) is 0 Å². The number of pyridine rings is 1. The van der Waals surface area contributed by atoms with E-state index in [1.54, 1.807) is 7.11 Å². The number of ether oxygens (including phenoxy) is 3. The lowest BCUT2D eigenvalue weighted by atomic mass is 10.2. The van der Waals surface area contributed by atoms with Crippen LogP contribution in [0.3, 0.4) is 0 Å². The van der Waals surface area contributed by atoms with Crippen molar-refractivity contribution >= 4 is 17.5 Å². The Balaban J connectivity index is 2.42. The maximum absolute atomic E-state index is 11.9. The van der Waals surface area contributed by atoms with Crippen LogP contribution in [0.1, 0.15) is 24.2 Å². The number of nitrogens with one attached hydrogen (secondary N) is 1. The number of carbonyl (C=O) groups excluding carboxylic acids is 1. The molecule has 0 bridgehead atoms. The molecule has 0 saturated heterocycles. The van der Waals surface area contributed by atoms with Gasteiger partial charge >= 0.3 is 0 Å². The van der Waals surface area contributed by atoms with E-state index in [9.17, 15) is 4.79 Å². The van der Waals surface area contributed by atoms with Crippen molar-refractivity contribution in [3.8, 4) is 5.88 Å². The Hall–Kier alpha value is -1.37. The lowest BCUT2D eigenvalue weighted by molar-refractivity contribution is 0.0692. The smallest absolute Gasteiger partial charge is 0.252 e. The molecule has 0 aliphatic carbocycles. The molecule has 1 rings (SSSR count). The summed E-state index contributed by atoms with van der Waals surface area (Å²) in [5, 5.41) is 3.03. The Morgan fingerprint density at radius 1 is 1.38 bits per heavy atom. The zero-order valence-corrected chi connectivity index (χ0v) is 13.3. The maximum Gasteiger partial charge on any atom is 0.252 e. The molecule has 21 heavy (non-hydrogen) atoms. The first-order valence-corrected chi connectivity index (χ1v) is 7.09. The highest BCUT2D eigenvalue weighted by Gasteiger charge is 2.11. The van der Waals surface area contributed by atoms with Crippen molar-refractivity contribution in [2.75, 3.05) is 33.5 Å². The second-order valence-corrected chi connectivity index (χ2v) is 4.95. The minimum absolute atomic E-state index is 0.0288. The molecule has 1 N–H and O–H groups in total. The van der Waals surface area contributed by atoms with Crippen LogP contribution >= 0.6 is 11.6 Å². The minimum Gasteiger partial charge on any atom is -0.474 e. The van der Waals surface area contributed by atoms with E-state index in [4.69, 9.17) is 25.8 Å². The third-order valence-corrected chi connectivity index (χ3v) is 2.65. The predicted molar refractivity (Wildman–Crippen MR) is 80.0 cm³/mol. The van der Waals surface area contributed by atoms with Crippen LogP contribution in [0.5, 0.6) is 5.88 Å². The number of hydrogen-bond acceptors (Lipinski definition) is 5. The molecule has 0 aliphatic heterocycles. The van der Waals surface area contributed by atoms with Gasteiger partial charge in [0, 0.05) is 19.9 Å². The van der Waals surface area contributed by atoms with Crippen LogP contribution in [-0.2, 0) is 9.47 Å². The zero-order valence-electron chi connectivity index (χ0n) is 12.5. The fourth-order valence-electron chi connectivity index (χ4n) is 1.44. The molecule has 6 nitrogen and oxygen atoms in total. The summed E-state index contributed by atoms with van der Waals surface area (Å²) < 4.78 is 15.5. The van der Waals surface area contributed by atoms with E-state index in [0.29, 0.717) is 42.8 Å². The summed E-state index contributed by atoms with van der Waals surface area (Å²) >= 11 is 6.03. The zero-order chi connectivity index (χ0) is 15.7. The van der Waals surface area contributed by atoms with Gasteiger partial charge in [-0.15, -0.1) is 0 Å². The van der Waals surface area contributed by atoms with Crippen molar-refractivity contribution in [2.24, 2.45) is 0 Å². The average molecular weight is 317 g/mol. The topological polar surface area (TPSA) is 69.7 Å². The Labute approximate surface area is 129 Å². The Morgan fingerprint density at radius 2 is 2.14 bits per heavy atom. The number of carbonyl (C=O) groups is 1. The average Bonchev–Trinajstić information content (AvgIpc) is 2.44. The molecule has 0 radical (unpaired) electrons. The Bertz CT molecular complexity index is 455. The van der Waals surface area contributed by atoms with Crippen LogP contribution < -0.4 is 10.1 Å². The highest BCUT2D eigenvalue weighted by atomic mass is 35.5. The quantitative estimate of drug-likeness (QED) is 0.705. The van der Waals surface area contributed by atoms with Gasteiger partial charge in [0.1, 0.15) is 5.02 Å². The van der Waals surface area contributed by atoms with E-state index >= 15 is 0 Å². The van der Waals surface area contributed by atoms with E-state index in [1.165, 1.54) is 12.3 Å². The van der Waals surface area contributed by atoms with Gasteiger partial charge in [0.2, 0.25) is 5.88 Å². The van der Waals surface area contributed by atoms with Crippen LogP contribution in [0, 0.1) is 0 Å². The molecule has 0 unspecified atom stereocenters. The van der Waals surface area contributed by atoms with Crippen molar-refractivity contribution in [3.05, 3.63) is 22.8 Å². The summed E-state index contributed by atoms with van der Waals surface area (Å²) in [5.74, 6) is 0.0713. The van der Waals surface area contributed by atoms with E-state index in [2.05, 4.69) is 10.3 Å². The van der Waals surface area contributed by atoms with Gasteiger partial charge in [-0.3, -0.25) is 4.79 Å². The van der Waals surface area contributed by atoms with E-state index < -0.39 is 0 Å². The molecule has 1 heterocycles. The van der Waals surface area contributed by atoms with Gasteiger partial charge < -0.3 is 19.5 Å². The van der Waals surface area contributed by atoms with Gasteiger partial charge in [0.25, 0.3) is 5.91 Å². The van der Waals surface area contributed by atoms with Gasteiger partial charge in [0.15, 0.2) is 0 Å². The van der Waals surface area contributed by atoms with Gasteiger partial charge in [-0.25, -0.2) is 4.98 Å². The number of aromatic nitrogens is 1. The molecule has 0 spiro atoms. The van der Waals surface area contributed by atoms with Gasteiger partial charge in [-0.1, -0.05) is 11.6 Å². The van der Waals surface area contributed by atoms with Crippen molar-refractivity contribution in [3.63, 3.8) is 0 Å². The molecular formula is C14H21ClN2O4. The number of methoxy groups -OCH3 is 1. The summed E-state index contributed by atoms with van der Waals surface area (Å²) in [6.45, 7) is 5.62. The third-order valence-electron chi connectivity index (χ3n) is 2.38. The molecule has 1 amide bonds. The SMILES string of the molecule is COCCOCCNC(=O)c1cnc(OC(C)C)c(Cl)c1. The van der Waals surface area contributed by atoms with Crippen molar-refractivity contribution in [1.82, 2.24) is 10.3 Å². The lowest BCUT2D eigenvalue weighted by Crippen LogP contribution is -2.27. The molecule has 0 saturated carbocycles. The highest BCUT2D eigenvalue weighted by molar-refractivity contribution is 6.32. The molecule has 7 heteroatoms. The standard InChI is InChI=1S/C14H21ClN2O4/c1-10(2)21-14-12(15)8-11(9-17-14)13(18)16-4-5-20-7-6-19-3/h8-10H,4-7H2,1-3H3,(H,16,18). The van der Waals surface area contributed by atoms with Crippen molar-refractivity contribution in [2.45, 2.75) is 20.0 Å². The number of amides is 1. The summed E-state index contributed by atoms with van der Waals surface area (Å²) in [4.78, 5) is 15.9. The number of hydrogen-bond donors (Lipinski definition) is 1. The molecule has 0 aromatic carbocycles. The third kappa shape index (κ3) is 6.75. The number of nitrogens with zero attached hydrogens (tertiary/aromatic N) is 1. The first kappa shape index (κ1) is 17.7. The Morgan fingerprint density at radius 3 is 2.76 bits per heavy atom. The Kier molecular flexibility index (Phi) is 8.04. The van der Waals surface area contributed by atoms with E-state index in [0.717, 1.165) is 0 Å². The molecular weight excluding hydrogens is 296 g/mol. The van der Waals surface area contributed by atoms with Crippen LogP contribution in [0.15, 0.2) is 12.3 Å². The summed E-state index contributed by atoms with van der Waals surface area (Å²) in [7, 11) is 1.61. The molecule has 118 valence electrons. The van der Waals surface area contributed by atoms with E-state index in [-0.39, 0.29) is 12.0 Å². The lowest BCUT2D eigenvalue weighted by Gasteiger charge is -2.11. The van der Waals surface area contributed by atoms with Crippen LogP contribution in [0.2, 0.25) is 5.02 Å². The summed E-state index contributed by atoms with van der Waals surface area (Å²) in [6.07, 6.45) is 1.41. The second kappa shape index (κ2) is 9.55. The van der Waals surface area contributed by atoms with Crippen molar-refractivity contribution < 1.29 is 19.0 Å². The monoisotopic (exact) mass is 316 g/mol. The van der Waals surface area contributed by atoms with Crippen LogP contribution in [-0.4, -0.2) is 50.5 Å². The maximum atomic E-state index is 11.9. The fraction of sp³-hybridized carbons (Fsp3) is 0.571. The molecule has 1 aromatic heterocycles. The minimum atomic E-state index is -0.254. The van der Waals surface area contributed by atoms with Gasteiger partial charge in [0.05, 0.1) is 31.5 Å². The molecule has 0 atom stereocenters. The normalized spacial score (nSPS) is 10.7. The van der Waals surface area contributed by atoms with E-state index in [1.807, 2.05) is 13.8 Å². The van der Waals surface area contributed by atoms with Crippen LogP contribution in [0.25, 0.3) is 0 Å². The summed E-state index contributed by atoms with van der Waals surface area (Å²) in [6, 6.07) is 1.54. The second-order valence-electron chi connectivity index (χ2n) is 4.54. The molecule has 0 fully saturated rings. The van der Waals surface area contributed by atoms with Crippen LogP contribution in [0.4, 0.5) is 0 Å².